The van der Waals surface area contributed by atoms with Gasteiger partial charge in [-0.15, -0.1) is 0 Å². The predicted octanol–water partition coefficient (Wildman–Crippen LogP) is 4.35. The minimum Gasteiger partial charge on any atom is -0.490 e. The van der Waals surface area contributed by atoms with Crippen LogP contribution in [0.15, 0.2) is 24.3 Å². The molecule has 4 rings (SSSR count). The normalized spacial score (nSPS) is 24.4. The molecule has 174 valence electrons. The van der Waals surface area contributed by atoms with E-state index in [1.165, 1.54) is 11.0 Å². The summed E-state index contributed by atoms with van der Waals surface area (Å²) in [4.78, 5) is 26.6. The highest BCUT2D eigenvalue weighted by Gasteiger charge is 2.31. The van der Waals surface area contributed by atoms with E-state index in [9.17, 15) is 18.4 Å². The molecule has 1 aliphatic carbocycles. The van der Waals surface area contributed by atoms with Gasteiger partial charge in [0.2, 0.25) is 5.91 Å². The van der Waals surface area contributed by atoms with Crippen LogP contribution in [0.1, 0.15) is 44.1 Å². The first-order valence-electron chi connectivity index (χ1n) is 11.4. The number of benzene rings is 1. The first-order chi connectivity index (χ1) is 15.4. The highest BCUT2D eigenvalue weighted by Crippen LogP contribution is 2.34. The fourth-order valence-electron chi connectivity index (χ4n) is 4.81. The van der Waals surface area contributed by atoms with Gasteiger partial charge in [-0.25, -0.2) is 13.6 Å². The van der Waals surface area contributed by atoms with E-state index < -0.39 is 18.1 Å². The lowest BCUT2D eigenvalue weighted by atomic mass is 9.86. The Hall–Kier alpha value is -2.64. The number of hydrogen-bond donors (Lipinski definition) is 1. The number of carbonyl (C=O) groups excluding carboxylic acids is 1. The molecule has 2 amide bonds. The van der Waals surface area contributed by atoms with Gasteiger partial charge in [-0.2, -0.15) is 0 Å². The molecule has 1 aromatic rings. The maximum absolute atomic E-state index is 14.6. The third-order valence-corrected chi connectivity index (χ3v) is 6.86. The van der Waals surface area contributed by atoms with Gasteiger partial charge in [0.05, 0.1) is 13.2 Å². The molecule has 8 heteroatoms. The van der Waals surface area contributed by atoms with Crippen molar-refractivity contribution in [3.8, 4) is 5.75 Å². The third-order valence-electron chi connectivity index (χ3n) is 6.86. The maximum Gasteiger partial charge on any atom is 0.407 e. The number of alkyl halides is 1. The van der Waals surface area contributed by atoms with Crippen molar-refractivity contribution in [2.45, 2.75) is 44.7 Å². The summed E-state index contributed by atoms with van der Waals surface area (Å²) in [5.41, 5.74) is 1.81. The molecule has 2 atom stereocenters. The second kappa shape index (κ2) is 9.88. The van der Waals surface area contributed by atoms with Crippen molar-refractivity contribution in [3.63, 3.8) is 0 Å². The minimum atomic E-state index is -0.907. The van der Waals surface area contributed by atoms with Crippen molar-refractivity contribution < 1.29 is 28.2 Å². The number of hydrogen-bond acceptors (Lipinski definition) is 3. The number of allylic oxidation sites excluding steroid dienone is 2. The van der Waals surface area contributed by atoms with E-state index in [0.717, 1.165) is 11.1 Å². The first kappa shape index (κ1) is 22.6. The Morgan fingerprint density at radius 3 is 2.44 bits per heavy atom. The molecule has 2 fully saturated rings. The average molecular weight is 449 g/mol. The monoisotopic (exact) mass is 448 g/mol. The lowest BCUT2D eigenvalue weighted by Crippen LogP contribution is -2.38. The van der Waals surface area contributed by atoms with Crippen LogP contribution in [0, 0.1) is 17.7 Å². The van der Waals surface area contributed by atoms with Crippen molar-refractivity contribution in [2.75, 3.05) is 32.8 Å². The van der Waals surface area contributed by atoms with Gasteiger partial charge >= 0.3 is 6.09 Å². The maximum atomic E-state index is 14.6. The Kier molecular flexibility index (Phi) is 6.96. The second-order valence-electron chi connectivity index (χ2n) is 9.04. The summed E-state index contributed by atoms with van der Waals surface area (Å²) >= 11 is 0. The van der Waals surface area contributed by atoms with E-state index in [2.05, 4.69) is 0 Å². The number of nitrogens with zero attached hydrogens (tertiary/aromatic N) is 2. The molecular weight excluding hydrogens is 418 g/mol. The van der Waals surface area contributed by atoms with Gasteiger partial charge in [0, 0.05) is 25.6 Å². The molecule has 0 aromatic heterocycles. The van der Waals surface area contributed by atoms with Gasteiger partial charge in [0.1, 0.15) is 6.17 Å². The summed E-state index contributed by atoms with van der Waals surface area (Å²) in [6, 6.07) is 4.96. The van der Waals surface area contributed by atoms with Crippen LogP contribution in [0.5, 0.6) is 5.75 Å². The third kappa shape index (κ3) is 5.22. The van der Waals surface area contributed by atoms with Crippen molar-refractivity contribution in [3.05, 3.63) is 35.7 Å². The molecule has 0 spiro atoms. The largest absolute Gasteiger partial charge is 0.490 e. The molecule has 6 nitrogen and oxygen atoms in total. The molecule has 0 bridgehead atoms. The molecule has 2 aliphatic heterocycles. The molecule has 3 aliphatic rings. The van der Waals surface area contributed by atoms with E-state index in [-0.39, 0.29) is 30.0 Å². The molecule has 1 unspecified atom stereocenters. The summed E-state index contributed by atoms with van der Waals surface area (Å²) in [7, 11) is 0. The fraction of sp³-hybridized carbons (Fsp3) is 0.583. The predicted molar refractivity (Wildman–Crippen MR) is 116 cm³/mol. The summed E-state index contributed by atoms with van der Waals surface area (Å²) in [5.74, 6) is -0.0959. The molecular formula is C24H30F2N2O4. The van der Waals surface area contributed by atoms with Crippen LogP contribution in [0.2, 0.25) is 0 Å². The average Bonchev–Trinajstić information content (AvgIpc) is 3.24. The van der Waals surface area contributed by atoms with Crippen molar-refractivity contribution in [1.29, 1.82) is 0 Å². The van der Waals surface area contributed by atoms with Gasteiger partial charge in [-0.05, 0) is 67.7 Å². The van der Waals surface area contributed by atoms with Gasteiger partial charge in [0.15, 0.2) is 11.6 Å². The van der Waals surface area contributed by atoms with Crippen molar-refractivity contribution in [2.24, 2.45) is 11.8 Å². The SMILES string of the molecule is O=C(O)N1CCC(COc2ccc(C3=CCC(C(=O)N4CC[C@@H](F)C4)CC3)cc2F)CC1. The van der Waals surface area contributed by atoms with Crippen LogP contribution in [0.4, 0.5) is 13.6 Å². The van der Waals surface area contributed by atoms with Crippen LogP contribution >= 0.6 is 0 Å². The van der Waals surface area contributed by atoms with Gasteiger partial charge < -0.3 is 19.6 Å². The van der Waals surface area contributed by atoms with Crippen LogP contribution in [-0.4, -0.2) is 65.9 Å². The number of carboxylic acid groups (broad SMARTS) is 1. The summed E-state index contributed by atoms with van der Waals surface area (Å²) < 4.78 is 33.7. The first-order valence-corrected chi connectivity index (χ1v) is 11.4. The highest BCUT2D eigenvalue weighted by atomic mass is 19.1. The summed E-state index contributed by atoms with van der Waals surface area (Å²) in [6.07, 6.45) is 4.01. The topological polar surface area (TPSA) is 70.1 Å². The summed E-state index contributed by atoms with van der Waals surface area (Å²) in [5, 5.41) is 9.01. The van der Waals surface area contributed by atoms with Crippen LogP contribution in [-0.2, 0) is 4.79 Å². The Morgan fingerprint density at radius 2 is 1.84 bits per heavy atom. The smallest absolute Gasteiger partial charge is 0.407 e. The number of piperidine rings is 1. The zero-order valence-electron chi connectivity index (χ0n) is 18.1. The molecule has 2 saturated heterocycles. The minimum absolute atomic E-state index is 0.0320. The van der Waals surface area contributed by atoms with Gasteiger partial charge in [0.25, 0.3) is 0 Å². The Morgan fingerprint density at radius 1 is 1.09 bits per heavy atom. The second-order valence-corrected chi connectivity index (χ2v) is 9.04. The van der Waals surface area contributed by atoms with Gasteiger partial charge in [-0.1, -0.05) is 12.1 Å². The van der Waals surface area contributed by atoms with E-state index in [1.807, 2.05) is 12.1 Å². The number of amides is 2. The van der Waals surface area contributed by atoms with Crippen molar-refractivity contribution in [1.82, 2.24) is 9.80 Å². The molecule has 1 aromatic carbocycles. The van der Waals surface area contributed by atoms with E-state index in [4.69, 9.17) is 9.84 Å². The van der Waals surface area contributed by atoms with E-state index in [0.29, 0.717) is 64.8 Å². The number of ether oxygens (including phenoxy) is 1. The molecule has 1 N–H and O–H groups in total. The zero-order valence-corrected chi connectivity index (χ0v) is 18.1. The Bertz CT molecular complexity index is 883. The lowest BCUT2D eigenvalue weighted by molar-refractivity contribution is -0.134. The molecule has 0 radical (unpaired) electrons. The Balaban J connectivity index is 1.29. The zero-order chi connectivity index (χ0) is 22.7. The Labute approximate surface area is 186 Å². The van der Waals surface area contributed by atoms with Crippen LogP contribution < -0.4 is 4.74 Å². The number of rotatable bonds is 5. The fourth-order valence-corrected chi connectivity index (χ4v) is 4.81. The lowest BCUT2D eigenvalue weighted by Gasteiger charge is -2.29. The van der Waals surface area contributed by atoms with E-state index in [1.54, 1.807) is 11.0 Å². The van der Waals surface area contributed by atoms with Crippen molar-refractivity contribution >= 4 is 17.6 Å². The van der Waals surface area contributed by atoms with E-state index >= 15 is 0 Å². The van der Waals surface area contributed by atoms with Crippen LogP contribution in [0.3, 0.4) is 0 Å². The standard InChI is InChI=1S/C24H30F2N2O4/c25-20-9-12-28(14-20)23(29)18-3-1-17(2-4-18)19-5-6-22(21(26)13-19)32-15-16-7-10-27(11-8-16)24(30)31/h1,5-6,13,16,18,20H,2-4,7-12,14-15H2,(H,30,31)/t18?,20-/m1/s1. The number of carbonyl (C=O) groups is 2. The quantitative estimate of drug-likeness (QED) is 0.727. The molecule has 32 heavy (non-hydrogen) atoms. The highest BCUT2D eigenvalue weighted by molar-refractivity contribution is 5.81. The van der Waals surface area contributed by atoms with Gasteiger partial charge in [-0.3, -0.25) is 4.79 Å². The molecule has 2 heterocycles. The molecule has 0 saturated carbocycles. The van der Waals surface area contributed by atoms with Crippen LogP contribution in [0.25, 0.3) is 5.57 Å². The summed E-state index contributed by atoms with van der Waals surface area (Å²) in [6.45, 7) is 2.03. The number of likely N-dealkylation sites (tertiary alicyclic amines) is 2. The number of halogens is 2.